The van der Waals surface area contributed by atoms with E-state index >= 15 is 8.78 Å². The zero-order valence-electron chi connectivity index (χ0n) is 26.3. The van der Waals surface area contributed by atoms with E-state index in [1.807, 2.05) is 0 Å². The standard InChI is InChI=1S/C35H50F8O/c1-3-5-6-8-24-11-15-27(16-12-24)29-21-22-30(32(34(39,40)41)31(29)33(36,37)38)44-35(42,43)28-19-17-26(18-20-28)25-13-9-23(7-4-2)10-14-25/h21-28H,3-20H2,1-2H3. The Hall–Kier alpha value is -1.54. The third-order valence-electron chi connectivity index (χ3n) is 11.0. The predicted molar refractivity (Wildman–Crippen MR) is 157 cm³/mol. The van der Waals surface area contributed by atoms with Crippen LogP contribution >= 0.6 is 0 Å². The van der Waals surface area contributed by atoms with Gasteiger partial charge in [0.1, 0.15) is 11.3 Å². The fraction of sp³-hybridized carbons (Fsp3) is 0.829. The van der Waals surface area contributed by atoms with Gasteiger partial charge in [-0.3, -0.25) is 0 Å². The van der Waals surface area contributed by atoms with Crippen LogP contribution in [0.25, 0.3) is 0 Å². The lowest BCUT2D eigenvalue weighted by Gasteiger charge is -2.39. The van der Waals surface area contributed by atoms with Gasteiger partial charge in [0.05, 0.1) is 11.5 Å². The maximum absolute atomic E-state index is 15.5. The first kappa shape index (κ1) is 35.3. The molecule has 4 rings (SSSR count). The van der Waals surface area contributed by atoms with Gasteiger partial charge >= 0.3 is 18.5 Å². The molecule has 3 saturated carbocycles. The Kier molecular flexibility index (Phi) is 12.0. The molecular formula is C35H50F8O. The van der Waals surface area contributed by atoms with Gasteiger partial charge in [0.25, 0.3) is 0 Å². The minimum Gasteiger partial charge on any atom is -0.432 e. The molecule has 0 unspecified atom stereocenters. The van der Waals surface area contributed by atoms with Crippen LogP contribution in [0.15, 0.2) is 12.1 Å². The van der Waals surface area contributed by atoms with E-state index < -0.39 is 52.7 Å². The van der Waals surface area contributed by atoms with Gasteiger partial charge in [-0.25, -0.2) is 0 Å². The van der Waals surface area contributed by atoms with E-state index in [0.29, 0.717) is 62.3 Å². The fourth-order valence-corrected chi connectivity index (χ4v) is 8.57. The number of ether oxygens (including phenoxy) is 1. The molecule has 1 aromatic rings. The highest BCUT2D eigenvalue weighted by Crippen LogP contribution is 2.52. The molecule has 0 atom stereocenters. The second kappa shape index (κ2) is 14.9. The van der Waals surface area contributed by atoms with Crippen LogP contribution in [-0.2, 0) is 12.4 Å². The van der Waals surface area contributed by atoms with Gasteiger partial charge in [0.2, 0.25) is 0 Å². The lowest BCUT2D eigenvalue weighted by atomic mass is 9.68. The highest BCUT2D eigenvalue weighted by atomic mass is 19.4. The van der Waals surface area contributed by atoms with Crippen LogP contribution in [0.1, 0.15) is 152 Å². The minimum atomic E-state index is -5.52. The van der Waals surface area contributed by atoms with Crippen molar-refractivity contribution in [2.24, 2.45) is 29.6 Å². The number of rotatable bonds is 11. The molecule has 0 radical (unpaired) electrons. The summed E-state index contributed by atoms with van der Waals surface area (Å²) in [5, 5.41) is 0. The van der Waals surface area contributed by atoms with Gasteiger partial charge < -0.3 is 4.74 Å². The Morgan fingerprint density at radius 2 is 1.11 bits per heavy atom. The number of unbranched alkanes of at least 4 members (excludes halogenated alkanes) is 2. The number of halogens is 8. The van der Waals surface area contributed by atoms with E-state index in [9.17, 15) is 26.3 Å². The van der Waals surface area contributed by atoms with E-state index in [2.05, 4.69) is 13.8 Å². The van der Waals surface area contributed by atoms with Crippen molar-refractivity contribution >= 4 is 0 Å². The molecule has 0 aliphatic heterocycles. The van der Waals surface area contributed by atoms with Crippen molar-refractivity contribution in [2.45, 2.75) is 154 Å². The molecular weight excluding hydrogens is 588 g/mol. The molecule has 0 aromatic heterocycles. The summed E-state index contributed by atoms with van der Waals surface area (Å²) in [5.41, 5.74) is -4.44. The van der Waals surface area contributed by atoms with Crippen LogP contribution in [0.2, 0.25) is 0 Å². The Bertz CT molecular complexity index is 1020. The second-order valence-electron chi connectivity index (χ2n) is 14.0. The van der Waals surface area contributed by atoms with Gasteiger partial charge in [0, 0.05) is 0 Å². The first-order chi connectivity index (χ1) is 20.7. The largest absolute Gasteiger partial charge is 0.432 e. The summed E-state index contributed by atoms with van der Waals surface area (Å²) in [6, 6.07) is 1.66. The predicted octanol–water partition coefficient (Wildman–Crippen LogP) is 13.0. The molecule has 3 fully saturated rings. The van der Waals surface area contributed by atoms with Gasteiger partial charge in [-0.15, -0.1) is 0 Å². The molecule has 44 heavy (non-hydrogen) atoms. The first-order valence-electron chi connectivity index (χ1n) is 17.1. The van der Waals surface area contributed by atoms with Gasteiger partial charge in [-0.1, -0.05) is 71.3 Å². The Morgan fingerprint density at radius 3 is 1.64 bits per heavy atom. The summed E-state index contributed by atoms with van der Waals surface area (Å²) in [6.07, 6.45) is -0.756. The summed E-state index contributed by atoms with van der Waals surface area (Å²) in [5.74, 6) is -1.63. The molecule has 1 nitrogen and oxygen atoms in total. The highest BCUT2D eigenvalue weighted by molar-refractivity contribution is 5.50. The van der Waals surface area contributed by atoms with E-state index in [0.717, 1.165) is 69.8 Å². The Balaban J connectivity index is 1.49. The lowest BCUT2D eigenvalue weighted by molar-refractivity contribution is -0.228. The summed E-state index contributed by atoms with van der Waals surface area (Å²) in [7, 11) is 0. The monoisotopic (exact) mass is 638 g/mol. The number of benzene rings is 1. The third kappa shape index (κ3) is 8.83. The minimum absolute atomic E-state index is 0.0830. The van der Waals surface area contributed by atoms with Gasteiger partial charge in [-0.2, -0.15) is 35.1 Å². The summed E-state index contributed by atoms with van der Waals surface area (Å²) >= 11 is 0. The highest BCUT2D eigenvalue weighted by Gasteiger charge is 2.51. The van der Waals surface area contributed by atoms with Crippen molar-refractivity contribution in [3.05, 3.63) is 28.8 Å². The number of hydrogen-bond donors (Lipinski definition) is 0. The topological polar surface area (TPSA) is 9.23 Å². The van der Waals surface area contributed by atoms with Crippen molar-refractivity contribution in [3.63, 3.8) is 0 Å². The fourth-order valence-electron chi connectivity index (χ4n) is 8.57. The molecule has 0 amide bonds. The van der Waals surface area contributed by atoms with E-state index in [-0.39, 0.29) is 12.8 Å². The number of hydrogen-bond acceptors (Lipinski definition) is 1. The van der Waals surface area contributed by atoms with Gasteiger partial charge in [0.15, 0.2) is 0 Å². The molecule has 9 heteroatoms. The van der Waals surface area contributed by atoms with Crippen molar-refractivity contribution in [3.8, 4) is 5.75 Å². The summed E-state index contributed by atoms with van der Waals surface area (Å²) in [6.45, 7) is 4.26. The molecule has 0 heterocycles. The van der Waals surface area contributed by atoms with Gasteiger partial charge in [-0.05, 0) is 105 Å². The number of alkyl halides is 8. The third-order valence-corrected chi connectivity index (χ3v) is 11.0. The Labute approximate surface area is 257 Å². The lowest BCUT2D eigenvalue weighted by Crippen LogP contribution is -2.39. The molecule has 0 bridgehead atoms. The van der Waals surface area contributed by atoms with E-state index in [4.69, 9.17) is 4.74 Å². The molecule has 3 aliphatic carbocycles. The summed E-state index contributed by atoms with van der Waals surface area (Å²) in [4.78, 5) is 0. The molecule has 252 valence electrons. The quantitative estimate of drug-likeness (QED) is 0.173. The van der Waals surface area contributed by atoms with Crippen LogP contribution in [0, 0.1) is 29.6 Å². The smallest absolute Gasteiger partial charge is 0.420 e. The van der Waals surface area contributed by atoms with Crippen molar-refractivity contribution in [1.29, 1.82) is 0 Å². The maximum Gasteiger partial charge on any atom is 0.420 e. The van der Waals surface area contributed by atoms with Crippen LogP contribution in [-0.4, -0.2) is 6.11 Å². The van der Waals surface area contributed by atoms with E-state index in [1.165, 1.54) is 6.42 Å². The SMILES string of the molecule is CCCCCC1CCC(c2ccc(OC(F)(F)C3CCC(C4CCC(CCC)CC4)CC3)c(C(F)(F)F)c2C(F)(F)F)CC1. The zero-order valence-corrected chi connectivity index (χ0v) is 26.3. The maximum atomic E-state index is 15.5. The first-order valence-corrected chi connectivity index (χ1v) is 17.1. The van der Waals surface area contributed by atoms with Crippen LogP contribution in [0.3, 0.4) is 0 Å². The Morgan fingerprint density at radius 1 is 0.591 bits per heavy atom. The molecule has 0 N–H and O–H groups in total. The van der Waals surface area contributed by atoms with Crippen molar-refractivity contribution in [2.75, 3.05) is 0 Å². The van der Waals surface area contributed by atoms with Crippen molar-refractivity contribution < 1.29 is 39.9 Å². The van der Waals surface area contributed by atoms with E-state index in [1.54, 1.807) is 0 Å². The molecule has 0 saturated heterocycles. The molecule has 1 aromatic carbocycles. The van der Waals surface area contributed by atoms with Crippen molar-refractivity contribution in [1.82, 2.24) is 0 Å². The average Bonchev–Trinajstić information content (AvgIpc) is 2.97. The zero-order chi connectivity index (χ0) is 32.1. The normalized spacial score (nSPS) is 29.0. The van der Waals surface area contributed by atoms with Crippen LogP contribution in [0.5, 0.6) is 5.75 Å². The summed E-state index contributed by atoms with van der Waals surface area (Å²) < 4.78 is 122. The molecule has 0 spiro atoms. The van der Waals surface area contributed by atoms with Crippen LogP contribution < -0.4 is 4.74 Å². The molecule has 3 aliphatic rings. The average molecular weight is 639 g/mol. The second-order valence-corrected chi connectivity index (χ2v) is 14.0. The van der Waals surface area contributed by atoms with Crippen LogP contribution in [0.4, 0.5) is 35.1 Å².